The third-order valence-corrected chi connectivity index (χ3v) is 3.41. The van der Waals surface area contributed by atoms with E-state index in [0.717, 1.165) is 19.5 Å². The Bertz CT molecular complexity index is 197. The molecule has 18 heavy (non-hydrogen) atoms. The van der Waals surface area contributed by atoms with Gasteiger partial charge in [-0.2, -0.15) is 0 Å². The van der Waals surface area contributed by atoms with Gasteiger partial charge in [-0.25, -0.2) is 0 Å². The van der Waals surface area contributed by atoms with Crippen LogP contribution in [-0.4, -0.2) is 75.8 Å². The van der Waals surface area contributed by atoms with Gasteiger partial charge in [0.05, 0.1) is 25.9 Å². The molecule has 0 radical (unpaired) electrons. The van der Waals surface area contributed by atoms with E-state index in [4.69, 9.17) is 9.47 Å². The van der Waals surface area contributed by atoms with Crippen molar-refractivity contribution in [2.24, 2.45) is 0 Å². The number of methoxy groups -OCH3 is 1. The Kier molecular flexibility index (Phi) is 8.54. The number of hydrogen-bond acceptors (Lipinski definition) is 5. The van der Waals surface area contributed by atoms with Crippen LogP contribution in [0, 0.1) is 0 Å². The maximum Gasteiger partial charge on any atom is 0.0900 e. The van der Waals surface area contributed by atoms with E-state index in [9.17, 15) is 5.11 Å². The molecule has 1 aliphatic rings. The molecule has 0 aromatic carbocycles. The molecule has 0 bridgehead atoms. The molecule has 1 saturated heterocycles. The van der Waals surface area contributed by atoms with E-state index in [1.807, 2.05) is 0 Å². The summed E-state index contributed by atoms with van der Waals surface area (Å²) < 4.78 is 10.2. The van der Waals surface area contributed by atoms with Gasteiger partial charge in [0.2, 0.25) is 0 Å². The first-order valence-corrected chi connectivity index (χ1v) is 6.89. The van der Waals surface area contributed by atoms with Crippen molar-refractivity contribution in [3.63, 3.8) is 0 Å². The van der Waals surface area contributed by atoms with Crippen LogP contribution < -0.4 is 5.32 Å². The van der Waals surface area contributed by atoms with Gasteiger partial charge in [-0.3, -0.25) is 0 Å². The summed E-state index contributed by atoms with van der Waals surface area (Å²) in [6.07, 6.45) is 3.17. The molecule has 1 rings (SSSR count). The van der Waals surface area contributed by atoms with Gasteiger partial charge in [-0.05, 0) is 39.4 Å². The zero-order valence-electron chi connectivity index (χ0n) is 11.7. The van der Waals surface area contributed by atoms with E-state index in [0.29, 0.717) is 32.4 Å². The molecule has 5 heteroatoms. The Morgan fingerprint density at radius 3 is 2.94 bits per heavy atom. The van der Waals surface area contributed by atoms with E-state index in [1.54, 1.807) is 7.11 Å². The van der Waals surface area contributed by atoms with Crippen LogP contribution in [0.4, 0.5) is 0 Å². The Morgan fingerprint density at radius 2 is 2.17 bits per heavy atom. The Balaban J connectivity index is 2.14. The van der Waals surface area contributed by atoms with Crippen LogP contribution in [-0.2, 0) is 9.47 Å². The molecule has 1 heterocycles. The first kappa shape index (κ1) is 15.9. The lowest BCUT2D eigenvalue weighted by Crippen LogP contribution is -2.39. The van der Waals surface area contributed by atoms with Crippen LogP contribution in [0.25, 0.3) is 0 Å². The minimum atomic E-state index is -0.414. The SMILES string of the molecule is COCCOCC(O)CN(C)C1CCCNCC1. The van der Waals surface area contributed by atoms with Crippen LogP contribution >= 0.6 is 0 Å². The van der Waals surface area contributed by atoms with E-state index in [2.05, 4.69) is 17.3 Å². The van der Waals surface area contributed by atoms with Crippen LogP contribution in [0.2, 0.25) is 0 Å². The zero-order valence-corrected chi connectivity index (χ0v) is 11.7. The second-order valence-electron chi connectivity index (χ2n) is 5.00. The molecule has 0 amide bonds. The van der Waals surface area contributed by atoms with E-state index < -0.39 is 6.10 Å². The summed E-state index contributed by atoms with van der Waals surface area (Å²) in [5.74, 6) is 0. The summed E-state index contributed by atoms with van der Waals surface area (Å²) in [6.45, 7) is 4.39. The second kappa shape index (κ2) is 9.69. The summed E-state index contributed by atoms with van der Waals surface area (Å²) in [4.78, 5) is 2.26. The molecule has 0 spiro atoms. The summed E-state index contributed by atoms with van der Waals surface area (Å²) in [6, 6.07) is 0.577. The molecule has 2 N–H and O–H groups in total. The highest BCUT2D eigenvalue weighted by molar-refractivity contribution is 4.75. The average Bonchev–Trinajstić information content (AvgIpc) is 2.63. The highest BCUT2D eigenvalue weighted by atomic mass is 16.5. The normalized spacial score (nSPS) is 23.0. The average molecular weight is 260 g/mol. The molecule has 2 unspecified atom stereocenters. The van der Waals surface area contributed by atoms with Gasteiger partial charge in [0, 0.05) is 19.7 Å². The lowest BCUT2D eigenvalue weighted by Gasteiger charge is -2.28. The van der Waals surface area contributed by atoms with Crippen molar-refractivity contribution in [3.05, 3.63) is 0 Å². The van der Waals surface area contributed by atoms with Crippen molar-refractivity contribution in [1.29, 1.82) is 0 Å². The standard InChI is InChI=1S/C13H28N2O3/c1-15(12-4-3-6-14-7-5-12)10-13(16)11-18-9-8-17-2/h12-14,16H,3-11H2,1-2H3. The molecule has 0 saturated carbocycles. The number of ether oxygens (including phenoxy) is 2. The van der Waals surface area contributed by atoms with Crippen molar-refractivity contribution in [2.75, 3.05) is 53.6 Å². The lowest BCUT2D eigenvalue weighted by atomic mass is 10.1. The Hall–Kier alpha value is -0.200. The second-order valence-corrected chi connectivity index (χ2v) is 5.00. The first-order chi connectivity index (χ1) is 8.74. The van der Waals surface area contributed by atoms with Gasteiger partial charge in [-0.15, -0.1) is 0 Å². The minimum absolute atomic E-state index is 0.388. The van der Waals surface area contributed by atoms with E-state index >= 15 is 0 Å². The lowest BCUT2D eigenvalue weighted by molar-refractivity contribution is -0.00292. The Labute approximate surface area is 110 Å². The summed E-state index contributed by atoms with van der Waals surface area (Å²) in [7, 11) is 3.74. The molecule has 0 aromatic heterocycles. The van der Waals surface area contributed by atoms with Gasteiger partial charge >= 0.3 is 0 Å². The molecular weight excluding hydrogens is 232 g/mol. The predicted molar refractivity (Wildman–Crippen MR) is 71.8 cm³/mol. The Morgan fingerprint density at radius 1 is 1.33 bits per heavy atom. The summed E-state index contributed by atoms with van der Waals surface area (Å²) in [5.41, 5.74) is 0. The van der Waals surface area contributed by atoms with Crippen molar-refractivity contribution in [2.45, 2.75) is 31.4 Å². The smallest absolute Gasteiger partial charge is 0.0900 e. The number of aliphatic hydroxyl groups is 1. The molecule has 1 fully saturated rings. The predicted octanol–water partition coefficient (Wildman–Crippen LogP) is 0.0842. The van der Waals surface area contributed by atoms with E-state index in [1.165, 1.54) is 12.8 Å². The monoisotopic (exact) mass is 260 g/mol. The van der Waals surface area contributed by atoms with Gasteiger partial charge in [0.1, 0.15) is 0 Å². The largest absolute Gasteiger partial charge is 0.389 e. The van der Waals surface area contributed by atoms with Gasteiger partial charge < -0.3 is 24.8 Å². The fourth-order valence-electron chi connectivity index (χ4n) is 2.34. The highest BCUT2D eigenvalue weighted by Gasteiger charge is 2.18. The summed E-state index contributed by atoms with van der Waals surface area (Å²) >= 11 is 0. The molecule has 1 aliphatic heterocycles. The number of nitrogens with zero attached hydrogens (tertiary/aromatic N) is 1. The van der Waals surface area contributed by atoms with Crippen LogP contribution in [0.3, 0.4) is 0 Å². The van der Waals surface area contributed by atoms with Crippen LogP contribution in [0.1, 0.15) is 19.3 Å². The van der Waals surface area contributed by atoms with E-state index in [-0.39, 0.29) is 0 Å². The summed E-state index contributed by atoms with van der Waals surface area (Å²) in [5, 5.41) is 13.3. The van der Waals surface area contributed by atoms with Gasteiger partial charge in [-0.1, -0.05) is 0 Å². The highest BCUT2D eigenvalue weighted by Crippen LogP contribution is 2.12. The topological polar surface area (TPSA) is 54.0 Å². The maximum absolute atomic E-state index is 9.90. The molecule has 2 atom stereocenters. The third kappa shape index (κ3) is 6.66. The van der Waals surface area contributed by atoms with Crippen molar-refractivity contribution >= 4 is 0 Å². The third-order valence-electron chi connectivity index (χ3n) is 3.41. The van der Waals surface area contributed by atoms with Gasteiger partial charge in [0.15, 0.2) is 0 Å². The van der Waals surface area contributed by atoms with Gasteiger partial charge in [0.25, 0.3) is 0 Å². The number of nitrogens with one attached hydrogen (secondary N) is 1. The quantitative estimate of drug-likeness (QED) is 0.606. The number of aliphatic hydroxyl groups excluding tert-OH is 1. The fourth-order valence-corrected chi connectivity index (χ4v) is 2.34. The number of hydrogen-bond donors (Lipinski definition) is 2. The molecule has 5 nitrogen and oxygen atoms in total. The fraction of sp³-hybridized carbons (Fsp3) is 1.00. The molecule has 0 aromatic rings. The van der Waals surface area contributed by atoms with Crippen molar-refractivity contribution in [3.8, 4) is 0 Å². The number of rotatable bonds is 8. The molecule has 108 valence electrons. The van der Waals surface area contributed by atoms with Crippen molar-refractivity contribution in [1.82, 2.24) is 10.2 Å². The van der Waals surface area contributed by atoms with Crippen LogP contribution in [0.15, 0.2) is 0 Å². The minimum Gasteiger partial charge on any atom is -0.389 e. The molecular formula is C13H28N2O3. The zero-order chi connectivity index (χ0) is 13.2. The van der Waals surface area contributed by atoms with Crippen molar-refractivity contribution < 1.29 is 14.6 Å². The maximum atomic E-state index is 9.90. The first-order valence-electron chi connectivity index (χ1n) is 6.89. The van der Waals surface area contributed by atoms with Crippen LogP contribution in [0.5, 0.6) is 0 Å². The number of likely N-dealkylation sites (N-methyl/N-ethyl adjacent to an activating group) is 1. The molecule has 0 aliphatic carbocycles.